The van der Waals surface area contributed by atoms with Gasteiger partial charge in [-0.1, -0.05) is 13.8 Å². The van der Waals surface area contributed by atoms with Crippen molar-refractivity contribution in [1.82, 2.24) is 10.6 Å². The maximum Gasteiger partial charge on any atom is 0.315 e. The van der Waals surface area contributed by atoms with E-state index >= 15 is 0 Å². The maximum absolute atomic E-state index is 11.8. The van der Waals surface area contributed by atoms with Crippen LogP contribution in [0, 0.1) is 19.3 Å². The number of aryl methyl sites for hydroxylation is 2. The summed E-state index contributed by atoms with van der Waals surface area (Å²) in [5.41, 5.74) is 0.340. The van der Waals surface area contributed by atoms with Gasteiger partial charge in [0.25, 0.3) is 0 Å². The average molecular weight is 312 g/mol. The standard InChI is InChI=1S/C15H24N2O3S/c1-5-15(6-2,13(18)19)9-17-14(20)16-8-12-7-10(3)11(4)21-12/h7H,5-6,8-9H2,1-4H3,(H,18,19)(H2,16,17,20). The van der Waals surface area contributed by atoms with Crippen LogP contribution in [0.25, 0.3) is 0 Å². The smallest absolute Gasteiger partial charge is 0.315 e. The topological polar surface area (TPSA) is 78.4 Å². The molecule has 0 bridgehead atoms. The van der Waals surface area contributed by atoms with Gasteiger partial charge in [-0.25, -0.2) is 4.79 Å². The van der Waals surface area contributed by atoms with Gasteiger partial charge in [0, 0.05) is 16.3 Å². The van der Waals surface area contributed by atoms with Crippen LogP contribution in [0.4, 0.5) is 4.79 Å². The molecule has 0 spiro atoms. The number of hydrogen-bond donors (Lipinski definition) is 3. The van der Waals surface area contributed by atoms with E-state index in [4.69, 9.17) is 0 Å². The van der Waals surface area contributed by atoms with Crippen LogP contribution in [0.1, 0.15) is 42.0 Å². The van der Waals surface area contributed by atoms with Crippen molar-refractivity contribution in [2.24, 2.45) is 5.41 Å². The minimum absolute atomic E-state index is 0.143. The van der Waals surface area contributed by atoms with Gasteiger partial charge in [-0.05, 0) is 38.3 Å². The number of carbonyl (C=O) groups excluding carboxylic acids is 1. The van der Waals surface area contributed by atoms with E-state index in [1.165, 1.54) is 10.4 Å². The Morgan fingerprint density at radius 3 is 2.29 bits per heavy atom. The lowest BCUT2D eigenvalue weighted by molar-refractivity contribution is -0.149. The first-order chi connectivity index (χ1) is 9.84. The maximum atomic E-state index is 11.8. The lowest BCUT2D eigenvalue weighted by Gasteiger charge is -2.26. The molecule has 0 saturated heterocycles. The third kappa shape index (κ3) is 4.46. The van der Waals surface area contributed by atoms with Gasteiger partial charge >= 0.3 is 12.0 Å². The first-order valence-corrected chi connectivity index (χ1v) is 7.97. The van der Waals surface area contributed by atoms with Crippen molar-refractivity contribution in [2.75, 3.05) is 6.54 Å². The largest absolute Gasteiger partial charge is 0.481 e. The van der Waals surface area contributed by atoms with E-state index in [-0.39, 0.29) is 12.6 Å². The number of urea groups is 1. The van der Waals surface area contributed by atoms with Crippen LogP contribution in [0.2, 0.25) is 0 Å². The molecule has 1 aromatic heterocycles. The predicted octanol–water partition coefficient (Wildman–Crippen LogP) is 3.06. The zero-order valence-corrected chi connectivity index (χ0v) is 13.9. The summed E-state index contributed by atoms with van der Waals surface area (Å²) in [7, 11) is 0. The molecule has 5 nitrogen and oxygen atoms in total. The molecule has 0 aliphatic carbocycles. The highest BCUT2D eigenvalue weighted by atomic mass is 32.1. The highest BCUT2D eigenvalue weighted by Gasteiger charge is 2.35. The molecule has 3 N–H and O–H groups in total. The van der Waals surface area contributed by atoms with Crippen molar-refractivity contribution >= 4 is 23.3 Å². The normalized spacial score (nSPS) is 11.2. The number of carboxylic acid groups (broad SMARTS) is 1. The molecule has 0 saturated carbocycles. The highest BCUT2D eigenvalue weighted by Crippen LogP contribution is 2.25. The van der Waals surface area contributed by atoms with Crippen molar-refractivity contribution in [3.8, 4) is 0 Å². The molecule has 0 fully saturated rings. The van der Waals surface area contributed by atoms with Gasteiger partial charge in [0.05, 0.1) is 12.0 Å². The van der Waals surface area contributed by atoms with Gasteiger partial charge in [0.15, 0.2) is 0 Å². The minimum Gasteiger partial charge on any atom is -0.481 e. The Hall–Kier alpha value is -1.56. The number of rotatable bonds is 7. The van der Waals surface area contributed by atoms with Crippen LogP contribution in [0.15, 0.2) is 6.07 Å². The van der Waals surface area contributed by atoms with Gasteiger partial charge in [0.2, 0.25) is 0 Å². The van der Waals surface area contributed by atoms with E-state index in [1.807, 2.05) is 27.7 Å². The quantitative estimate of drug-likeness (QED) is 0.724. The summed E-state index contributed by atoms with van der Waals surface area (Å²) in [5, 5.41) is 14.7. The zero-order valence-electron chi connectivity index (χ0n) is 13.1. The number of hydrogen-bond acceptors (Lipinski definition) is 3. The number of thiophene rings is 1. The molecule has 21 heavy (non-hydrogen) atoms. The molecule has 118 valence electrons. The summed E-state index contributed by atoms with van der Waals surface area (Å²) in [6.45, 7) is 8.35. The number of aliphatic carboxylic acids is 1. The SMILES string of the molecule is CCC(CC)(CNC(=O)NCc1cc(C)c(C)s1)C(=O)O. The van der Waals surface area contributed by atoms with E-state index in [9.17, 15) is 14.7 Å². The lowest BCUT2D eigenvalue weighted by Crippen LogP contribution is -2.45. The molecule has 0 aliphatic heterocycles. The molecular formula is C15H24N2O3S. The van der Waals surface area contributed by atoms with E-state index < -0.39 is 11.4 Å². The van der Waals surface area contributed by atoms with Crippen LogP contribution < -0.4 is 10.6 Å². The van der Waals surface area contributed by atoms with Crippen molar-refractivity contribution in [3.05, 3.63) is 21.4 Å². The van der Waals surface area contributed by atoms with E-state index in [0.29, 0.717) is 19.4 Å². The second kappa shape index (κ2) is 7.45. The molecule has 0 atom stereocenters. The van der Waals surface area contributed by atoms with Gasteiger partial charge in [0.1, 0.15) is 0 Å². The van der Waals surface area contributed by atoms with Crippen molar-refractivity contribution in [2.45, 2.75) is 47.1 Å². The van der Waals surface area contributed by atoms with Crippen molar-refractivity contribution in [1.29, 1.82) is 0 Å². The number of amides is 2. The molecule has 1 aromatic rings. The van der Waals surface area contributed by atoms with E-state index in [0.717, 1.165) is 4.88 Å². The van der Waals surface area contributed by atoms with Crippen LogP contribution >= 0.6 is 11.3 Å². The molecular weight excluding hydrogens is 288 g/mol. The van der Waals surface area contributed by atoms with E-state index in [1.54, 1.807) is 11.3 Å². The second-order valence-electron chi connectivity index (χ2n) is 5.28. The Balaban J connectivity index is 2.48. The van der Waals surface area contributed by atoms with Gasteiger partial charge in [-0.15, -0.1) is 11.3 Å². The Morgan fingerprint density at radius 1 is 1.24 bits per heavy atom. The monoisotopic (exact) mass is 312 g/mol. The fourth-order valence-corrected chi connectivity index (χ4v) is 3.09. The predicted molar refractivity (Wildman–Crippen MR) is 84.7 cm³/mol. The molecule has 0 aromatic carbocycles. The average Bonchev–Trinajstić information content (AvgIpc) is 2.77. The summed E-state index contributed by atoms with van der Waals surface area (Å²) in [6.07, 6.45) is 0.977. The molecule has 1 heterocycles. The Morgan fingerprint density at radius 2 is 1.86 bits per heavy atom. The van der Waals surface area contributed by atoms with Crippen molar-refractivity contribution < 1.29 is 14.7 Å². The summed E-state index contributed by atoms with van der Waals surface area (Å²) < 4.78 is 0. The van der Waals surface area contributed by atoms with E-state index in [2.05, 4.69) is 16.7 Å². The van der Waals surface area contributed by atoms with Crippen LogP contribution in [0.3, 0.4) is 0 Å². The third-order valence-electron chi connectivity index (χ3n) is 4.03. The lowest BCUT2D eigenvalue weighted by atomic mass is 9.82. The van der Waals surface area contributed by atoms with Gasteiger partial charge in [-0.3, -0.25) is 4.79 Å². The van der Waals surface area contributed by atoms with Crippen molar-refractivity contribution in [3.63, 3.8) is 0 Å². The number of nitrogens with one attached hydrogen (secondary N) is 2. The Kier molecular flexibility index (Phi) is 6.20. The summed E-state index contributed by atoms with van der Waals surface area (Å²) in [4.78, 5) is 25.5. The Bertz CT molecular complexity index is 488. The molecule has 0 unspecified atom stereocenters. The minimum atomic E-state index is -0.881. The van der Waals surface area contributed by atoms with Crippen LogP contribution in [-0.2, 0) is 11.3 Å². The van der Waals surface area contributed by atoms with Gasteiger partial charge < -0.3 is 15.7 Å². The second-order valence-corrected chi connectivity index (χ2v) is 6.62. The fourth-order valence-electron chi connectivity index (χ4n) is 2.09. The van der Waals surface area contributed by atoms with Crippen LogP contribution in [0.5, 0.6) is 0 Å². The van der Waals surface area contributed by atoms with Crippen LogP contribution in [-0.4, -0.2) is 23.7 Å². The molecule has 2 amide bonds. The third-order valence-corrected chi connectivity index (χ3v) is 5.19. The first kappa shape index (κ1) is 17.5. The van der Waals surface area contributed by atoms with Gasteiger partial charge in [-0.2, -0.15) is 0 Å². The highest BCUT2D eigenvalue weighted by molar-refractivity contribution is 7.12. The summed E-state index contributed by atoms with van der Waals surface area (Å²) in [6, 6.07) is 1.73. The Labute approximate surface area is 129 Å². The molecule has 1 rings (SSSR count). The molecule has 6 heteroatoms. The molecule has 0 radical (unpaired) electrons. The number of carboxylic acids is 1. The summed E-state index contributed by atoms with van der Waals surface area (Å²) in [5.74, 6) is -0.864. The number of carbonyl (C=O) groups is 2. The molecule has 0 aliphatic rings. The first-order valence-electron chi connectivity index (χ1n) is 7.15. The fraction of sp³-hybridized carbons (Fsp3) is 0.600. The zero-order chi connectivity index (χ0) is 16.0. The summed E-state index contributed by atoms with van der Waals surface area (Å²) >= 11 is 1.66.